The number of ether oxygens (including phenoxy) is 2. The second-order valence-electron chi connectivity index (χ2n) is 3.41. The molecule has 4 heteroatoms. The summed E-state index contributed by atoms with van der Waals surface area (Å²) < 4.78 is 10.5. The molecule has 2 unspecified atom stereocenters. The predicted molar refractivity (Wildman–Crippen MR) is 59.8 cm³/mol. The van der Waals surface area contributed by atoms with E-state index in [2.05, 4.69) is 12.2 Å². The van der Waals surface area contributed by atoms with Gasteiger partial charge in [0.25, 0.3) is 0 Å². The minimum atomic E-state index is -0.344. The van der Waals surface area contributed by atoms with Crippen LogP contribution in [0.5, 0.6) is 0 Å². The van der Waals surface area contributed by atoms with Crippen molar-refractivity contribution in [1.29, 1.82) is 0 Å². The van der Waals surface area contributed by atoms with Crippen molar-refractivity contribution >= 4 is 5.97 Å². The van der Waals surface area contributed by atoms with Crippen molar-refractivity contribution in [3.8, 4) is 0 Å². The number of rotatable bonds is 8. The maximum absolute atomic E-state index is 11.5. The summed E-state index contributed by atoms with van der Waals surface area (Å²) in [4.78, 5) is 11.5. The van der Waals surface area contributed by atoms with E-state index in [1.165, 1.54) is 0 Å². The van der Waals surface area contributed by atoms with Crippen LogP contribution in [0.4, 0.5) is 0 Å². The van der Waals surface area contributed by atoms with E-state index in [0.29, 0.717) is 13.2 Å². The van der Waals surface area contributed by atoms with Gasteiger partial charge in [0.1, 0.15) is 6.04 Å². The summed E-state index contributed by atoms with van der Waals surface area (Å²) in [5.41, 5.74) is 0. The van der Waals surface area contributed by atoms with E-state index in [9.17, 15) is 4.79 Å². The van der Waals surface area contributed by atoms with Gasteiger partial charge in [-0.25, -0.2) is 0 Å². The van der Waals surface area contributed by atoms with E-state index in [4.69, 9.17) is 9.47 Å². The van der Waals surface area contributed by atoms with Crippen LogP contribution in [-0.4, -0.2) is 37.9 Å². The average molecular weight is 217 g/mol. The summed E-state index contributed by atoms with van der Waals surface area (Å²) in [5.74, 6) is -0.234. The largest absolute Gasteiger partial charge is 0.465 e. The standard InChI is InChI=1S/C11H23NO3/c1-5-9(4)15-8-10(12-6-2)11(13)14-7-3/h9-10,12H,5-8H2,1-4H3. The normalized spacial score (nSPS) is 14.7. The molecule has 0 aromatic carbocycles. The molecule has 4 nitrogen and oxygen atoms in total. The third kappa shape index (κ3) is 6.47. The summed E-state index contributed by atoms with van der Waals surface area (Å²) >= 11 is 0. The fourth-order valence-electron chi connectivity index (χ4n) is 1.08. The highest BCUT2D eigenvalue weighted by molar-refractivity contribution is 5.75. The molecular formula is C11H23NO3. The van der Waals surface area contributed by atoms with E-state index < -0.39 is 0 Å². The predicted octanol–water partition coefficient (Wildman–Crippen LogP) is 1.34. The maximum Gasteiger partial charge on any atom is 0.325 e. The lowest BCUT2D eigenvalue weighted by Gasteiger charge is -2.18. The van der Waals surface area contributed by atoms with Crippen LogP contribution in [0.25, 0.3) is 0 Å². The first-order valence-electron chi connectivity index (χ1n) is 5.67. The Hall–Kier alpha value is -0.610. The molecule has 0 heterocycles. The monoisotopic (exact) mass is 217 g/mol. The van der Waals surface area contributed by atoms with Crippen molar-refractivity contribution in [3.05, 3.63) is 0 Å². The van der Waals surface area contributed by atoms with Crippen molar-refractivity contribution in [2.75, 3.05) is 19.8 Å². The Balaban J connectivity index is 3.97. The van der Waals surface area contributed by atoms with Gasteiger partial charge in [0, 0.05) is 0 Å². The van der Waals surface area contributed by atoms with Crippen molar-refractivity contribution in [2.24, 2.45) is 0 Å². The summed E-state index contributed by atoms with van der Waals surface area (Å²) in [6.45, 7) is 9.32. The van der Waals surface area contributed by atoms with Crippen LogP contribution in [0.1, 0.15) is 34.1 Å². The van der Waals surface area contributed by atoms with Gasteiger partial charge in [0.15, 0.2) is 0 Å². The molecule has 0 radical (unpaired) electrons. The summed E-state index contributed by atoms with van der Waals surface area (Å²) in [6.07, 6.45) is 1.13. The van der Waals surface area contributed by atoms with Gasteiger partial charge < -0.3 is 14.8 Å². The second-order valence-corrected chi connectivity index (χ2v) is 3.41. The SMILES string of the molecule is CCNC(COC(C)CC)C(=O)OCC. The number of carbonyl (C=O) groups is 1. The Morgan fingerprint density at radius 3 is 2.47 bits per heavy atom. The van der Waals surface area contributed by atoms with Gasteiger partial charge in [0.05, 0.1) is 19.3 Å². The molecular weight excluding hydrogens is 194 g/mol. The maximum atomic E-state index is 11.5. The van der Waals surface area contributed by atoms with Gasteiger partial charge in [-0.15, -0.1) is 0 Å². The first kappa shape index (κ1) is 14.4. The number of carbonyl (C=O) groups excluding carboxylic acids is 1. The molecule has 0 saturated carbocycles. The van der Waals surface area contributed by atoms with Gasteiger partial charge in [-0.2, -0.15) is 0 Å². The number of nitrogens with one attached hydrogen (secondary N) is 1. The fraction of sp³-hybridized carbons (Fsp3) is 0.909. The van der Waals surface area contributed by atoms with E-state index in [1.54, 1.807) is 6.92 Å². The van der Waals surface area contributed by atoms with Crippen molar-refractivity contribution in [1.82, 2.24) is 5.32 Å². The zero-order valence-electron chi connectivity index (χ0n) is 10.2. The minimum absolute atomic E-state index is 0.181. The third-order valence-corrected chi connectivity index (χ3v) is 2.14. The lowest BCUT2D eigenvalue weighted by molar-refractivity contribution is -0.147. The van der Waals surface area contributed by atoms with E-state index in [-0.39, 0.29) is 18.1 Å². The Morgan fingerprint density at radius 1 is 1.33 bits per heavy atom. The van der Waals surface area contributed by atoms with Crippen LogP contribution in [0, 0.1) is 0 Å². The molecule has 0 aromatic rings. The first-order valence-corrected chi connectivity index (χ1v) is 5.67. The molecule has 0 aliphatic carbocycles. The molecule has 0 aromatic heterocycles. The van der Waals surface area contributed by atoms with Crippen LogP contribution in [0.3, 0.4) is 0 Å². The highest BCUT2D eigenvalue weighted by Crippen LogP contribution is 1.99. The molecule has 0 amide bonds. The van der Waals surface area contributed by atoms with Gasteiger partial charge in [-0.1, -0.05) is 13.8 Å². The van der Waals surface area contributed by atoms with Crippen molar-refractivity contribution in [2.45, 2.75) is 46.3 Å². The third-order valence-electron chi connectivity index (χ3n) is 2.14. The van der Waals surface area contributed by atoms with Gasteiger partial charge in [0.2, 0.25) is 0 Å². The molecule has 0 aliphatic rings. The Morgan fingerprint density at radius 2 is 2.00 bits per heavy atom. The number of esters is 1. The Kier molecular flexibility index (Phi) is 8.33. The minimum Gasteiger partial charge on any atom is -0.465 e. The zero-order valence-corrected chi connectivity index (χ0v) is 10.2. The first-order chi connectivity index (χ1) is 7.15. The molecule has 0 aliphatic heterocycles. The molecule has 1 N–H and O–H groups in total. The highest BCUT2D eigenvalue weighted by Gasteiger charge is 2.19. The molecule has 2 atom stereocenters. The molecule has 0 fully saturated rings. The molecule has 15 heavy (non-hydrogen) atoms. The number of hydrogen-bond acceptors (Lipinski definition) is 4. The van der Waals surface area contributed by atoms with Gasteiger partial charge >= 0.3 is 5.97 Å². The average Bonchev–Trinajstić information content (AvgIpc) is 2.23. The Labute approximate surface area is 92.3 Å². The van der Waals surface area contributed by atoms with Crippen LogP contribution >= 0.6 is 0 Å². The smallest absolute Gasteiger partial charge is 0.325 e. The molecule has 0 rings (SSSR count). The number of hydrogen-bond donors (Lipinski definition) is 1. The number of likely N-dealkylation sites (N-methyl/N-ethyl adjacent to an activating group) is 1. The summed E-state index contributed by atoms with van der Waals surface area (Å²) in [6, 6.07) is -0.344. The van der Waals surface area contributed by atoms with Crippen LogP contribution in [-0.2, 0) is 14.3 Å². The van der Waals surface area contributed by atoms with E-state index in [0.717, 1.165) is 13.0 Å². The molecule has 0 bridgehead atoms. The summed E-state index contributed by atoms with van der Waals surface area (Å²) in [5, 5.41) is 3.05. The lowest BCUT2D eigenvalue weighted by atomic mass is 10.3. The van der Waals surface area contributed by atoms with Crippen molar-refractivity contribution < 1.29 is 14.3 Å². The van der Waals surface area contributed by atoms with Crippen LogP contribution < -0.4 is 5.32 Å². The van der Waals surface area contributed by atoms with Gasteiger partial charge in [-0.05, 0) is 26.8 Å². The molecule has 0 spiro atoms. The molecule has 0 saturated heterocycles. The van der Waals surface area contributed by atoms with Crippen LogP contribution in [0.2, 0.25) is 0 Å². The van der Waals surface area contributed by atoms with Gasteiger partial charge in [-0.3, -0.25) is 4.79 Å². The lowest BCUT2D eigenvalue weighted by Crippen LogP contribution is -2.42. The highest BCUT2D eigenvalue weighted by atomic mass is 16.5. The zero-order chi connectivity index (χ0) is 11.7. The van der Waals surface area contributed by atoms with Crippen molar-refractivity contribution in [3.63, 3.8) is 0 Å². The second kappa shape index (κ2) is 8.68. The quantitative estimate of drug-likeness (QED) is 0.623. The van der Waals surface area contributed by atoms with E-state index >= 15 is 0 Å². The fourth-order valence-corrected chi connectivity index (χ4v) is 1.08. The molecule has 90 valence electrons. The van der Waals surface area contributed by atoms with E-state index in [1.807, 2.05) is 13.8 Å². The topological polar surface area (TPSA) is 47.6 Å². The Bertz CT molecular complexity index is 173. The van der Waals surface area contributed by atoms with Crippen LogP contribution in [0.15, 0.2) is 0 Å². The summed E-state index contributed by atoms with van der Waals surface area (Å²) in [7, 11) is 0.